The van der Waals surface area contributed by atoms with E-state index in [2.05, 4.69) is 24.1 Å². The van der Waals surface area contributed by atoms with E-state index in [0.717, 1.165) is 5.56 Å². The van der Waals surface area contributed by atoms with Gasteiger partial charge in [0.25, 0.3) is 5.91 Å². The highest BCUT2D eigenvalue weighted by Gasteiger charge is 2.09. The molecule has 124 valence electrons. The van der Waals surface area contributed by atoms with Gasteiger partial charge in [-0.3, -0.25) is 10.1 Å². The number of halogens is 1. The van der Waals surface area contributed by atoms with E-state index in [0.29, 0.717) is 27.0 Å². The minimum absolute atomic E-state index is 0.105. The second-order valence-corrected chi connectivity index (χ2v) is 6.73. The fourth-order valence-corrected chi connectivity index (χ4v) is 3.13. The normalized spacial score (nSPS) is 11.0. The van der Waals surface area contributed by atoms with Crippen molar-refractivity contribution in [3.63, 3.8) is 0 Å². The highest BCUT2D eigenvalue weighted by molar-refractivity contribution is 7.22. The maximum Gasteiger partial charge on any atom is 0.264 e. The summed E-state index contributed by atoms with van der Waals surface area (Å²) < 4.78 is 19.4. The number of nitrogens with zero attached hydrogens (tertiary/aromatic N) is 1. The summed E-state index contributed by atoms with van der Waals surface area (Å²) in [4.78, 5) is 16.3. The molecule has 1 amide bonds. The molecule has 0 radical (unpaired) electrons. The first-order valence-electron chi connectivity index (χ1n) is 7.60. The molecule has 0 atom stereocenters. The SMILES string of the molecule is CC(C)c1cccc(OCC(=O)Nc2nc3ccc(F)cc3s2)c1. The van der Waals surface area contributed by atoms with E-state index in [4.69, 9.17) is 4.74 Å². The molecule has 6 heteroatoms. The van der Waals surface area contributed by atoms with Crippen LogP contribution in [0.25, 0.3) is 10.2 Å². The summed E-state index contributed by atoms with van der Waals surface area (Å²) in [6.07, 6.45) is 0. The first-order valence-corrected chi connectivity index (χ1v) is 8.41. The third-order valence-corrected chi connectivity index (χ3v) is 4.43. The molecule has 0 fully saturated rings. The number of thiazole rings is 1. The molecule has 1 aromatic heterocycles. The molecular weight excluding hydrogens is 327 g/mol. The fraction of sp³-hybridized carbons (Fsp3) is 0.222. The average Bonchev–Trinajstić information content (AvgIpc) is 2.94. The Hall–Kier alpha value is -2.47. The van der Waals surface area contributed by atoms with Gasteiger partial charge in [-0.1, -0.05) is 37.3 Å². The first-order chi connectivity index (χ1) is 11.5. The third kappa shape index (κ3) is 3.89. The summed E-state index contributed by atoms with van der Waals surface area (Å²) in [5.74, 6) is 0.426. The minimum atomic E-state index is -0.322. The molecule has 1 heterocycles. The van der Waals surface area contributed by atoms with Crippen LogP contribution >= 0.6 is 11.3 Å². The van der Waals surface area contributed by atoms with Gasteiger partial charge in [0.1, 0.15) is 11.6 Å². The second kappa shape index (κ2) is 6.97. The van der Waals surface area contributed by atoms with Gasteiger partial charge in [-0.25, -0.2) is 9.37 Å². The molecule has 0 spiro atoms. The van der Waals surface area contributed by atoms with E-state index < -0.39 is 0 Å². The van der Waals surface area contributed by atoms with Gasteiger partial charge >= 0.3 is 0 Å². The Bertz CT molecular complexity index is 876. The number of carbonyl (C=O) groups is 1. The van der Waals surface area contributed by atoms with Crippen molar-refractivity contribution in [3.05, 3.63) is 53.8 Å². The predicted octanol–water partition coefficient (Wildman–Crippen LogP) is 4.58. The summed E-state index contributed by atoms with van der Waals surface area (Å²) in [5, 5.41) is 3.11. The van der Waals surface area contributed by atoms with Crippen LogP contribution in [0.3, 0.4) is 0 Å². The van der Waals surface area contributed by atoms with E-state index in [1.807, 2.05) is 24.3 Å². The molecule has 0 aliphatic carbocycles. The summed E-state index contributed by atoms with van der Waals surface area (Å²) >= 11 is 1.23. The van der Waals surface area contributed by atoms with Crippen LogP contribution in [0.4, 0.5) is 9.52 Å². The number of carbonyl (C=O) groups excluding carboxylic acids is 1. The van der Waals surface area contributed by atoms with Gasteiger partial charge in [-0.15, -0.1) is 0 Å². The zero-order valence-electron chi connectivity index (χ0n) is 13.4. The zero-order chi connectivity index (χ0) is 17.1. The number of aromatic nitrogens is 1. The number of ether oxygens (including phenoxy) is 1. The number of hydrogen-bond acceptors (Lipinski definition) is 4. The molecule has 0 unspecified atom stereocenters. The second-order valence-electron chi connectivity index (χ2n) is 5.70. The molecule has 4 nitrogen and oxygen atoms in total. The van der Waals surface area contributed by atoms with Crippen LogP contribution in [-0.4, -0.2) is 17.5 Å². The van der Waals surface area contributed by atoms with Crippen molar-refractivity contribution in [1.29, 1.82) is 0 Å². The summed E-state index contributed by atoms with van der Waals surface area (Å²) in [6, 6.07) is 12.0. The number of hydrogen-bond donors (Lipinski definition) is 1. The largest absolute Gasteiger partial charge is 0.484 e. The zero-order valence-corrected chi connectivity index (χ0v) is 14.2. The van der Waals surface area contributed by atoms with Crippen molar-refractivity contribution in [2.24, 2.45) is 0 Å². The topological polar surface area (TPSA) is 51.2 Å². The Labute approximate surface area is 143 Å². The van der Waals surface area contributed by atoms with Crippen molar-refractivity contribution in [1.82, 2.24) is 4.98 Å². The highest BCUT2D eigenvalue weighted by Crippen LogP contribution is 2.26. The summed E-state index contributed by atoms with van der Waals surface area (Å²) in [6.45, 7) is 4.09. The van der Waals surface area contributed by atoms with Gasteiger partial charge in [0.05, 0.1) is 10.2 Å². The Morgan fingerprint density at radius 3 is 2.92 bits per heavy atom. The molecule has 3 rings (SSSR count). The van der Waals surface area contributed by atoms with Crippen LogP contribution < -0.4 is 10.1 Å². The van der Waals surface area contributed by atoms with E-state index in [1.54, 1.807) is 6.07 Å². The number of nitrogens with one attached hydrogen (secondary N) is 1. The number of rotatable bonds is 5. The lowest BCUT2D eigenvalue weighted by Gasteiger charge is -2.09. The monoisotopic (exact) mass is 344 g/mol. The van der Waals surface area contributed by atoms with Gasteiger partial charge in [0.15, 0.2) is 11.7 Å². The fourth-order valence-electron chi connectivity index (χ4n) is 2.22. The molecule has 0 aliphatic rings. The van der Waals surface area contributed by atoms with Crippen LogP contribution in [0.15, 0.2) is 42.5 Å². The van der Waals surface area contributed by atoms with Gasteiger partial charge in [-0.2, -0.15) is 0 Å². The van der Waals surface area contributed by atoms with Crippen molar-refractivity contribution < 1.29 is 13.9 Å². The highest BCUT2D eigenvalue weighted by atomic mass is 32.1. The Morgan fingerprint density at radius 1 is 1.29 bits per heavy atom. The van der Waals surface area contributed by atoms with E-state index in [1.165, 1.54) is 23.5 Å². The molecule has 0 bridgehead atoms. The lowest BCUT2D eigenvalue weighted by atomic mass is 10.0. The van der Waals surface area contributed by atoms with Crippen molar-refractivity contribution >= 4 is 32.6 Å². The Morgan fingerprint density at radius 2 is 2.12 bits per heavy atom. The molecular formula is C18H17FN2O2S. The predicted molar refractivity (Wildman–Crippen MR) is 94.2 cm³/mol. The van der Waals surface area contributed by atoms with Crippen LogP contribution in [-0.2, 0) is 4.79 Å². The smallest absolute Gasteiger partial charge is 0.264 e. The van der Waals surface area contributed by atoms with E-state index >= 15 is 0 Å². The molecule has 2 aromatic carbocycles. The molecule has 0 saturated heterocycles. The molecule has 0 aliphatic heterocycles. The van der Waals surface area contributed by atoms with E-state index in [9.17, 15) is 9.18 Å². The lowest BCUT2D eigenvalue weighted by molar-refractivity contribution is -0.118. The van der Waals surface area contributed by atoms with Gasteiger partial charge in [0.2, 0.25) is 0 Å². The van der Waals surface area contributed by atoms with Crippen molar-refractivity contribution in [2.45, 2.75) is 19.8 Å². The number of amides is 1. The number of anilines is 1. The van der Waals surface area contributed by atoms with Gasteiger partial charge in [-0.05, 0) is 41.8 Å². The molecule has 0 saturated carbocycles. The third-order valence-electron chi connectivity index (χ3n) is 3.49. The van der Waals surface area contributed by atoms with Crippen LogP contribution in [0.2, 0.25) is 0 Å². The van der Waals surface area contributed by atoms with Gasteiger partial charge in [0, 0.05) is 0 Å². The van der Waals surface area contributed by atoms with Crippen molar-refractivity contribution in [3.8, 4) is 5.75 Å². The molecule has 24 heavy (non-hydrogen) atoms. The number of benzene rings is 2. The van der Waals surface area contributed by atoms with Gasteiger partial charge < -0.3 is 4.74 Å². The maximum atomic E-state index is 13.2. The molecule has 3 aromatic rings. The quantitative estimate of drug-likeness (QED) is 0.737. The summed E-state index contributed by atoms with van der Waals surface area (Å²) in [5.41, 5.74) is 1.81. The first kappa shape index (κ1) is 16.4. The van der Waals surface area contributed by atoms with Crippen molar-refractivity contribution in [2.75, 3.05) is 11.9 Å². The Kier molecular flexibility index (Phi) is 4.76. The maximum absolute atomic E-state index is 13.2. The van der Waals surface area contributed by atoms with Crippen LogP contribution in [0, 0.1) is 5.82 Å². The van der Waals surface area contributed by atoms with E-state index in [-0.39, 0.29) is 18.3 Å². The number of fused-ring (bicyclic) bond motifs is 1. The lowest BCUT2D eigenvalue weighted by Crippen LogP contribution is -2.20. The summed E-state index contributed by atoms with van der Waals surface area (Å²) in [7, 11) is 0. The molecule has 1 N–H and O–H groups in total. The van der Waals surface area contributed by atoms with Crippen LogP contribution in [0.1, 0.15) is 25.3 Å². The average molecular weight is 344 g/mol. The Balaban J connectivity index is 1.61. The van der Waals surface area contributed by atoms with Crippen LogP contribution in [0.5, 0.6) is 5.75 Å². The standard InChI is InChI=1S/C18H17FN2O2S/c1-11(2)12-4-3-5-14(8-12)23-10-17(22)21-18-20-15-7-6-13(19)9-16(15)24-18/h3-9,11H,10H2,1-2H3,(H,20,21,22). The minimum Gasteiger partial charge on any atom is -0.484 e.